The molecule has 0 aromatic heterocycles. The predicted octanol–water partition coefficient (Wildman–Crippen LogP) is 4.11. The number of benzene rings is 1. The summed E-state index contributed by atoms with van der Waals surface area (Å²) in [6.07, 6.45) is 1.85. The molecule has 8 nitrogen and oxygen atoms in total. The number of carbonyl (C=O) groups is 3. The standard InChI is InChI=1S/C28H36ClF2N5O3/c1-16(2)11-23(34-19-7-3-6-18(29)13-19)27(39)36-21-8-9-22(28(30,31)14-21)24(36)26(38)35-20(15-32)12-17-5-4-10-33-25(17)37/h3,6-7,13,16-17,20-24,34H,4-5,8-12,14H2,1-2H3,(H,33,37)(H,35,38)/t17-,20+,21+,22+,23+,24-/m0/s1. The number of nitrogens with one attached hydrogen (secondary N) is 3. The van der Waals surface area contributed by atoms with Crippen LogP contribution in [0.2, 0.25) is 5.02 Å². The van der Waals surface area contributed by atoms with Crippen LogP contribution in [0.3, 0.4) is 0 Å². The van der Waals surface area contributed by atoms with Gasteiger partial charge in [-0.05, 0) is 62.6 Å². The average Bonchev–Trinajstić information content (AvgIpc) is 2.87. The number of hydrogen-bond donors (Lipinski definition) is 3. The van der Waals surface area contributed by atoms with E-state index >= 15 is 8.78 Å². The van der Waals surface area contributed by atoms with Gasteiger partial charge in [0.25, 0.3) is 5.92 Å². The highest BCUT2D eigenvalue weighted by Crippen LogP contribution is 2.49. The van der Waals surface area contributed by atoms with Crippen LogP contribution < -0.4 is 16.0 Å². The molecule has 4 aliphatic rings. The fraction of sp³-hybridized carbons (Fsp3) is 0.643. The Bertz CT molecular complexity index is 1130. The van der Waals surface area contributed by atoms with Gasteiger partial charge in [0.1, 0.15) is 18.1 Å². The Hall–Kier alpha value is -2.93. The fourth-order valence-electron chi connectivity index (χ4n) is 6.22. The number of fused-ring (bicyclic) bond motifs is 3. The maximum absolute atomic E-state index is 15.1. The van der Waals surface area contributed by atoms with E-state index in [1.54, 1.807) is 24.3 Å². The molecule has 4 fully saturated rings. The summed E-state index contributed by atoms with van der Waals surface area (Å²) < 4.78 is 30.3. The van der Waals surface area contributed by atoms with Crippen LogP contribution in [0.15, 0.2) is 24.3 Å². The van der Waals surface area contributed by atoms with E-state index in [4.69, 9.17) is 11.6 Å². The highest BCUT2D eigenvalue weighted by Gasteiger charge is 2.61. The molecule has 0 spiro atoms. The van der Waals surface area contributed by atoms with E-state index in [1.165, 1.54) is 4.90 Å². The highest BCUT2D eigenvalue weighted by molar-refractivity contribution is 6.30. The second-order valence-corrected chi connectivity index (χ2v) is 11.8. The van der Waals surface area contributed by atoms with Crippen LogP contribution in [-0.4, -0.2) is 59.3 Å². The van der Waals surface area contributed by atoms with Gasteiger partial charge in [-0.2, -0.15) is 5.26 Å². The number of halogens is 3. The summed E-state index contributed by atoms with van der Waals surface area (Å²) in [5.41, 5.74) is 0.616. The molecule has 6 atom stereocenters. The van der Waals surface area contributed by atoms with Gasteiger partial charge in [0.15, 0.2) is 0 Å². The summed E-state index contributed by atoms with van der Waals surface area (Å²) >= 11 is 6.13. The maximum atomic E-state index is 15.1. The van der Waals surface area contributed by atoms with Crippen molar-refractivity contribution < 1.29 is 23.2 Å². The molecule has 39 heavy (non-hydrogen) atoms. The predicted molar refractivity (Wildman–Crippen MR) is 143 cm³/mol. The SMILES string of the molecule is CC(C)C[C@@H](Nc1cccc(Cl)c1)C(=O)N1[C@@H]2CC[C@H]([C@H]1C(=O)N[C@@H](C#N)C[C@@H]1CCCNC1=O)C(F)(F)C2. The number of rotatable bonds is 9. The number of nitrogens with zero attached hydrogens (tertiary/aromatic N) is 2. The van der Waals surface area contributed by atoms with Crippen LogP contribution in [-0.2, 0) is 14.4 Å². The third-order valence-corrected chi connectivity index (χ3v) is 8.26. The summed E-state index contributed by atoms with van der Waals surface area (Å²) in [6.45, 7) is 4.48. The van der Waals surface area contributed by atoms with Crippen LogP contribution in [0, 0.1) is 29.1 Å². The lowest BCUT2D eigenvalue weighted by atomic mass is 9.71. The first-order valence-electron chi connectivity index (χ1n) is 13.7. The number of alkyl halides is 2. The Morgan fingerprint density at radius 1 is 1.28 bits per heavy atom. The van der Waals surface area contributed by atoms with Gasteiger partial charge in [0.2, 0.25) is 17.7 Å². The number of hydrogen-bond acceptors (Lipinski definition) is 5. The molecule has 3 saturated heterocycles. The Balaban J connectivity index is 1.58. The Morgan fingerprint density at radius 2 is 2.05 bits per heavy atom. The summed E-state index contributed by atoms with van der Waals surface area (Å²) in [5, 5.41) is 18.8. The molecule has 3 N–H and O–H groups in total. The lowest BCUT2D eigenvalue weighted by molar-refractivity contribution is -0.194. The first-order chi connectivity index (χ1) is 18.5. The minimum Gasteiger partial charge on any atom is -0.374 e. The van der Waals surface area contributed by atoms with E-state index in [9.17, 15) is 19.6 Å². The molecule has 0 unspecified atom stereocenters. The van der Waals surface area contributed by atoms with Gasteiger partial charge >= 0.3 is 0 Å². The molecule has 2 bridgehead atoms. The Morgan fingerprint density at radius 3 is 2.69 bits per heavy atom. The maximum Gasteiger partial charge on any atom is 0.255 e. The third kappa shape index (κ3) is 6.63. The molecule has 1 saturated carbocycles. The molecule has 3 amide bonds. The molecule has 3 aliphatic heterocycles. The zero-order valence-corrected chi connectivity index (χ0v) is 23.0. The monoisotopic (exact) mass is 563 g/mol. The van der Waals surface area contributed by atoms with Gasteiger partial charge in [0, 0.05) is 35.6 Å². The number of anilines is 1. The lowest BCUT2D eigenvalue weighted by Crippen LogP contribution is -2.70. The summed E-state index contributed by atoms with van der Waals surface area (Å²) in [5.74, 6) is -6.18. The van der Waals surface area contributed by atoms with E-state index in [1.807, 2.05) is 19.9 Å². The quantitative estimate of drug-likeness (QED) is 0.418. The largest absolute Gasteiger partial charge is 0.374 e. The first-order valence-corrected chi connectivity index (χ1v) is 14.1. The van der Waals surface area contributed by atoms with Crippen molar-refractivity contribution in [1.82, 2.24) is 15.5 Å². The van der Waals surface area contributed by atoms with Crippen molar-refractivity contribution in [1.29, 1.82) is 5.26 Å². The number of carbonyl (C=O) groups excluding carboxylic acids is 3. The molecular formula is C28H36ClF2N5O3. The van der Waals surface area contributed by atoms with Crippen molar-refractivity contribution in [2.75, 3.05) is 11.9 Å². The minimum absolute atomic E-state index is 0.0888. The van der Waals surface area contributed by atoms with E-state index in [0.717, 1.165) is 6.42 Å². The van der Waals surface area contributed by atoms with Crippen LogP contribution >= 0.6 is 11.6 Å². The lowest BCUT2D eigenvalue weighted by Gasteiger charge is -2.54. The second kappa shape index (κ2) is 12.1. The summed E-state index contributed by atoms with van der Waals surface area (Å²) in [7, 11) is 0. The van der Waals surface area contributed by atoms with Gasteiger partial charge in [-0.15, -0.1) is 0 Å². The number of nitriles is 1. The first kappa shape index (κ1) is 29.1. The molecule has 212 valence electrons. The zero-order chi connectivity index (χ0) is 28.3. The van der Waals surface area contributed by atoms with Gasteiger partial charge in [-0.1, -0.05) is 31.5 Å². The Labute approximate surface area is 232 Å². The molecule has 5 rings (SSSR count). The minimum atomic E-state index is -3.11. The van der Waals surface area contributed by atoms with E-state index in [-0.39, 0.29) is 24.7 Å². The summed E-state index contributed by atoms with van der Waals surface area (Å²) in [4.78, 5) is 41.2. The Kier molecular flexibility index (Phi) is 9.00. The molecule has 1 aromatic carbocycles. The molecule has 1 aliphatic carbocycles. The van der Waals surface area contributed by atoms with Crippen LogP contribution in [0.4, 0.5) is 14.5 Å². The van der Waals surface area contributed by atoms with Crippen molar-refractivity contribution in [2.45, 2.75) is 88.9 Å². The fourth-order valence-corrected chi connectivity index (χ4v) is 6.41. The van der Waals surface area contributed by atoms with Crippen LogP contribution in [0.1, 0.15) is 58.8 Å². The molecule has 0 radical (unpaired) electrons. The summed E-state index contributed by atoms with van der Waals surface area (Å²) in [6, 6.07) is 4.91. The van der Waals surface area contributed by atoms with E-state index < -0.39 is 60.2 Å². The van der Waals surface area contributed by atoms with Gasteiger partial charge in [-0.3, -0.25) is 14.4 Å². The molecule has 3 heterocycles. The van der Waals surface area contributed by atoms with Crippen molar-refractivity contribution in [3.05, 3.63) is 29.3 Å². The van der Waals surface area contributed by atoms with Gasteiger partial charge < -0.3 is 20.9 Å². The van der Waals surface area contributed by atoms with Crippen molar-refractivity contribution in [2.24, 2.45) is 17.8 Å². The number of piperidine rings is 3. The second-order valence-electron chi connectivity index (χ2n) is 11.4. The van der Waals surface area contributed by atoms with Crippen LogP contribution in [0.5, 0.6) is 0 Å². The zero-order valence-electron chi connectivity index (χ0n) is 22.3. The topological polar surface area (TPSA) is 114 Å². The molecule has 1 aromatic rings. The van der Waals surface area contributed by atoms with Crippen molar-refractivity contribution in [3.63, 3.8) is 0 Å². The van der Waals surface area contributed by atoms with E-state index in [0.29, 0.717) is 36.5 Å². The molecular weight excluding hydrogens is 528 g/mol. The van der Waals surface area contributed by atoms with Crippen molar-refractivity contribution in [3.8, 4) is 6.07 Å². The number of amides is 3. The molecule has 11 heteroatoms. The van der Waals surface area contributed by atoms with Crippen molar-refractivity contribution >= 4 is 35.0 Å². The van der Waals surface area contributed by atoms with Gasteiger partial charge in [0.05, 0.1) is 12.0 Å². The highest BCUT2D eigenvalue weighted by atomic mass is 35.5. The average molecular weight is 564 g/mol. The smallest absolute Gasteiger partial charge is 0.255 e. The van der Waals surface area contributed by atoms with Crippen LogP contribution in [0.25, 0.3) is 0 Å². The third-order valence-electron chi connectivity index (χ3n) is 8.02. The normalized spacial score (nSPS) is 27.3. The van der Waals surface area contributed by atoms with Gasteiger partial charge in [-0.25, -0.2) is 8.78 Å². The van der Waals surface area contributed by atoms with E-state index in [2.05, 4.69) is 16.0 Å².